The standard InChI is InChI=1S/3C4H10O.Hf.H2O/c3*1-2-3-4-5;;/h3*5H,2-4H2,1H3;;1H2. The molecule has 0 aliphatic rings. The van der Waals surface area contributed by atoms with Gasteiger partial charge in [-0.25, -0.2) is 0 Å². The van der Waals surface area contributed by atoms with Crippen LogP contribution in [-0.2, 0) is 25.8 Å². The van der Waals surface area contributed by atoms with Crippen molar-refractivity contribution in [1.29, 1.82) is 0 Å². The van der Waals surface area contributed by atoms with Gasteiger partial charge in [0, 0.05) is 45.7 Å². The van der Waals surface area contributed by atoms with Gasteiger partial charge >= 0.3 is 0 Å². The predicted molar refractivity (Wildman–Crippen MR) is 69.6 cm³/mol. The zero-order chi connectivity index (χ0) is 12.4. The van der Waals surface area contributed by atoms with Gasteiger partial charge in [-0.15, -0.1) is 0 Å². The molecule has 0 bridgehead atoms. The summed E-state index contributed by atoms with van der Waals surface area (Å²) in [6.07, 6.45) is 6.11. The Morgan fingerprint density at radius 3 is 0.765 bits per heavy atom. The van der Waals surface area contributed by atoms with Crippen LogP contribution in [0.5, 0.6) is 0 Å². The molecule has 0 amide bonds. The van der Waals surface area contributed by atoms with Gasteiger partial charge in [-0.3, -0.25) is 0 Å². The molecule has 0 saturated heterocycles. The van der Waals surface area contributed by atoms with E-state index in [0.717, 1.165) is 38.5 Å². The molecule has 5 heteroatoms. The summed E-state index contributed by atoms with van der Waals surface area (Å²) < 4.78 is 0. The maximum absolute atomic E-state index is 8.07. The minimum atomic E-state index is 0. The molecule has 0 aromatic carbocycles. The van der Waals surface area contributed by atoms with Gasteiger partial charge in [-0.1, -0.05) is 40.0 Å². The fourth-order valence-corrected chi connectivity index (χ4v) is 0.474. The van der Waals surface area contributed by atoms with E-state index in [2.05, 4.69) is 20.8 Å². The van der Waals surface area contributed by atoms with Crippen molar-refractivity contribution >= 4 is 0 Å². The molecule has 4 nitrogen and oxygen atoms in total. The Labute approximate surface area is 126 Å². The van der Waals surface area contributed by atoms with Crippen LogP contribution in [0.3, 0.4) is 0 Å². The number of rotatable bonds is 6. The van der Waals surface area contributed by atoms with Crippen LogP contribution in [0.1, 0.15) is 59.3 Å². The van der Waals surface area contributed by atoms with Crippen molar-refractivity contribution in [1.82, 2.24) is 0 Å². The van der Waals surface area contributed by atoms with Crippen molar-refractivity contribution in [3.63, 3.8) is 0 Å². The van der Waals surface area contributed by atoms with Crippen LogP contribution < -0.4 is 0 Å². The van der Waals surface area contributed by atoms with Gasteiger partial charge in [0.2, 0.25) is 0 Å². The Bertz CT molecular complexity index is 55.3. The second-order valence-corrected chi connectivity index (χ2v) is 3.23. The van der Waals surface area contributed by atoms with Crippen LogP contribution >= 0.6 is 0 Å². The van der Waals surface area contributed by atoms with Crippen molar-refractivity contribution in [2.75, 3.05) is 19.8 Å². The molecule has 0 aromatic rings. The summed E-state index contributed by atoms with van der Waals surface area (Å²) in [6.45, 7) is 7.19. The maximum Gasteiger partial charge on any atom is 0.0430 e. The molecule has 17 heavy (non-hydrogen) atoms. The van der Waals surface area contributed by atoms with E-state index in [1.165, 1.54) is 0 Å². The van der Waals surface area contributed by atoms with Gasteiger partial charge in [-0.05, 0) is 19.3 Å². The molecule has 108 valence electrons. The first kappa shape index (κ1) is 30.6. The van der Waals surface area contributed by atoms with Crippen molar-refractivity contribution in [2.24, 2.45) is 0 Å². The van der Waals surface area contributed by atoms with Crippen molar-refractivity contribution < 1.29 is 46.6 Å². The van der Waals surface area contributed by atoms with Crippen molar-refractivity contribution in [3.8, 4) is 0 Å². The molecule has 5 N–H and O–H groups in total. The number of hydrogen-bond acceptors (Lipinski definition) is 3. The van der Waals surface area contributed by atoms with Crippen molar-refractivity contribution in [2.45, 2.75) is 59.3 Å². The molecule has 0 radical (unpaired) electrons. The number of unbranched alkanes of at least 4 members (excludes halogenated alkanes) is 3. The molecule has 0 rings (SSSR count). The van der Waals surface area contributed by atoms with E-state index in [4.69, 9.17) is 15.3 Å². The van der Waals surface area contributed by atoms with E-state index in [1.54, 1.807) is 0 Å². The quantitative estimate of drug-likeness (QED) is 0.571. The molecule has 0 heterocycles. The van der Waals surface area contributed by atoms with Crippen LogP contribution in [0.15, 0.2) is 0 Å². The third-order valence-electron chi connectivity index (χ3n) is 1.54. The summed E-state index contributed by atoms with van der Waals surface area (Å²) in [5.74, 6) is 0. The Morgan fingerprint density at radius 2 is 0.765 bits per heavy atom. The SMILES string of the molecule is CCCCO.CCCCO.CCCCO.O.[Hf]. The normalized spacial score (nSPS) is 7.41. The smallest absolute Gasteiger partial charge is 0.0430 e. The molecule has 0 saturated carbocycles. The van der Waals surface area contributed by atoms with E-state index < -0.39 is 0 Å². The number of aliphatic hydroxyl groups is 3. The van der Waals surface area contributed by atoms with Crippen LogP contribution in [0, 0.1) is 0 Å². The summed E-state index contributed by atoms with van der Waals surface area (Å²) in [5.41, 5.74) is 0. The molecular formula is C12H32HfO4. The molecular weight excluding hydrogens is 387 g/mol. The average Bonchev–Trinajstić information content (AvgIpc) is 2.23. The first-order chi connectivity index (χ1) is 7.24. The third-order valence-corrected chi connectivity index (χ3v) is 1.54. The van der Waals surface area contributed by atoms with Crippen LogP contribution in [0.25, 0.3) is 0 Å². The molecule has 0 aliphatic heterocycles. The molecule has 0 spiro atoms. The summed E-state index contributed by atoms with van der Waals surface area (Å²) in [7, 11) is 0. The van der Waals surface area contributed by atoms with E-state index in [1.807, 2.05) is 0 Å². The van der Waals surface area contributed by atoms with Gasteiger partial charge in [0.1, 0.15) is 0 Å². The Balaban J connectivity index is -0.0000000400. The average molecular weight is 419 g/mol. The van der Waals surface area contributed by atoms with E-state index >= 15 is 0 Å². The maximum atomic E-state index is 8.07. The van der Waals surface area contributed by atoms with Gasteiger partial charge in [0.25, 0.3) is 0 Å². The summed E-state index contributed by atoms with van der Waals surface area (Å²) in [6, 6.07) is 0. The Kier molecular flexibility index (Phi) is 78.8. The molecule has 0 unspecified atom stereocenters. The van der Waals surface area contributed by atoms with Crippen LogP contribution in [0.2, 0.25) is 0 Å². The summed E-state index contributed by atoms with van der Waals surface area (Å²) in [4.78, 5) is 0. The predicted octanol–water partition coefficient (Wildman–Crippen LogP) is 1.51. The minimum Gasteiger partial charge on any atom is -0.412 e. The molecule has 0 fully saturated rings. The monoisotopic (exact) mass is 420 g/mol. The fourth-order valence-electron chi connectivity index (χ4n) is 0.474. The van der Waals surface area contributed by atoms with Gasteiger partial charge in [0.05, 0.1) is 0 Å². The van der Waals surface area contributed by atoms with Gasteiger partial charge in [0.15, 0.2) is 0 Å². The first-order valence-electron chi connectivity index (χ1n) is 6.07. The van der Waals surface area contributed by atoms with E-state index in [0.29, 0.717) is 19.8 Å². The number of hydrogen-bond donors (Lipinski definition) is 3. The van der Waals surface area contributed by atoms with Crippen LogP contribution in [-0.4, -0.2) is 40.6 Å². The van der Waals surface area contributed by atoms with Gasteiger partial charge in [-0.2, -0.15) is 0 Å². The molecule has 0 aromatic heterocycles. The molecule has 0 atom stereocenters. The summed E-state index contributed by atoms with van der Waals surface area (Å²) >= 11 is 0. The van der Waals surface area contributed by atoms with Crippen molar-refractivity contribution in [3.05, 3.63) is 0 Å². The zero-order valence-corrected chi connectivity index (χ0v) is 15.3. The second-order valence-electron chi connectivity index (χ2n) is 3.23. The number of aliphatic hydroxyl groups excluding tert-OH is 3. The zero-order valence-electron chi connectivity index (χ0n) is 11.7. The Morgan fingerprint density at radius 1 is 0.588 bits per heavy atom. The largest absolute Gasteiger partial charge is 0.412 e. The summed E-state index contributed by atoms with van der Waals surface area (Å²) in [5, 5.41) is 24.2. The Hall–Kier alpha value is 0.710. The third kappa shape index (κ3) is 80.3. The second kappa shape index (κ2) is 43.7. The molecule has 0 aliphatic carbocycles. The topological polar surface area (TPSA) is 92.2 Å². The van der Waals surface area contributed by atoms with E-state index in [9.17, 15) is 0 Å². The first-order valence-corrected chi connectivity index (χ1v) is 6.07. The van der Waals surface area contributed by atoms with Gasteiger partial charge < -0.3 is 20.8 Å². The van der Waals surface area contributed by atoms with Crippen LogP contribution in [0.4, 0.5) is 0 Å². The fraction of sp³-hybridized carbons (Fsp3) is 1.00. The van der Waals surface area contributed by atoms with E-state index in [-0.39, 0.29) is 31.3 Å². The minimum absolute atomic E-state index is 0.